The highest BCUT2D eigenvalue weighted by Crippen LogP contribution is 2.47. The van der Waals surface area contributed by atoms with E-state index in [1.165, 1.54) is 43.8 Å². The Morgan fingerprint density at radius 3 is 1.17 bits per heavy atom. The molecule has 7 aromatic carbocycles. The lowest BCUT2D eigenvalue weighted by atomic mass is 9.85. The molecule has 0 aliphatic carbocycles. The SMILES string of the molecule is CC(C)(C)c1ccc2c(c1)c1cc(C(C)(C)C)ccc1n2-c1cc(C#N)c2c3ccccc3n(-c3ccccc3)c2c1-n1c2ccc(C(C)(C)C)cc2c2cc(C(C)(C)C)ccc21. The highest BCUT2D eigenvalue weighted by Gasteiger charge is 2.30. The van der Waals surface area contributed by atoms with Crippen LogP contribution in [0.25, 0.3) is 82.5 Å². The summed E-state index contributed by atoms with van der Waals surface area (Å²) in [6, 6.07) is 52.4. The molecule has 0 saturated heterocycles. The van der Waals surface area contributed by atoms with Gasteiger partial charge in [0.05, 0.1) is 56.1 Å². The lowest BCUT2D eigenvalue weighted by Crippen LogP contribution is -2.11. The summed E-state index contributed by atoms with van der Waals surface area (Å²) >= 11 is 0. The largest absolute Gasteiger partial charge is 0.307 e. The molecule has 10 aromatic rings. The molecule has 0 N–H and O–H groups in total. The number of aromatic nitrogens is 3. The Morgan fingerprint density at radius 1 is 0.381 bits per heavy atom. The third-order valence-electron chi connectivity index (χ3n) is 13.5. The van der Waals surface area contributed by atoms with E-state index in [0.29, 0.717) is 5.56 Å². The van der Waals surface area contributed by atoms with Gasteiger partial charge in [-0.1, -0.05) is 144 Å². The second-order valence-electron chi connectivity index (χ2n) is 21.9. The highest BCUT2D eigenvalue weighted by molar-refractivity contribution is 6.19. The van der Waals surface area contributed by atoms with Crippen LogP contribution in [-0.2, 0) is 21.7 Å². The van der Waals surface area contributed by atoms with Crippen molar-refractivity contribution >= 4 is 65.4 Å². The molecule has 0 aliphatic heterocycles. The fourth-order valence-corrected chi connectivity index (χ4v) is 9.87. The summed E-state index contributed by atoms with van der Waals surface area (Å²) < 4.78 is 7.38. The van der Waals surface area contributed by atoms with Crippen LogP contribution in [0.4, 0.5) is 0 Å². The van der Waals surface area contributed by atoms with E-state index in [0.717, 1.165) is 60.9 Å². The van der Waals surface area contributed by atoms with Crippen molar-refractivity contribution in [2.75, 3.05) is 0 Å². The maximum absolute atomic E-state index is 11.4. The van der Waals surface area contributed by atoms with Gasteiger partial charge in [0.1, 0.15) is 0 Å². The van der Waals surface area contributed by atoms with Crippen molar-refractivity contribution in [1.29, 1.82) is 5.26 Å². The summed E-state index contributed by atoms with van der Waals surface area (Å²) in [6.07, 6.45) is 0. The van der Waals surface area contributed by atoms with Gasteiger partial charge in [-0.05, 0) is 117 Å². The van der Waals surface area contributed by atoms with E-state index in [2.05, 4.69) is 236 Å². The molecule has 0 unspecified atom stereocenters. The fourth-order valence-electron chi connectivity index (χ4n) is 9.87. The van der Waals surface area contributed by atoms with E-state index >= 15 is 0 Å². The molecule has 0 saturated carbocycles. The molecule has 0 bridgehead atoms. The second-order valence-corrected chi connectivity index (χ2v) is 21.9. The van der Waals surface area contributed by atoms with Crippen molar-refractivity contribution in [2.45, 2.75) is 105 Å². The molecular formula is C59H58N4. The number of nitriles is 1. The summed E-state index contributed by atoms with van der Waals surface area (Å²) in [4.78, 5) is 0. The molecule has 0 amide bonds. The molecule has 3 heterocycles. The Bertz CT molecular complexity index is 3390. The first-order valence-electron chi connectivity index (χ1n) is 22.5. The normalized spacial score (nSPS) is 13.1. The second kappa shape index (κ2) is 13.7. The van der Waals surface area contributed by atoms with Gasteiger partial charge in [0, 0.05) is 38.0 Å². The predicted molar refractivity (Wildman–Crippen MR) is 269 cm³/mol. The number of hydrogen-bond donors (Lipinski definition) is 0. The Morgan fingerprint density at radius 2 is 0.762 bits per heavy atom. The summed E-state index contributed by atoms with van der Waals surface area (Å²) in [5.74, 6) is 0. The van der Waals surface area contributed by atoms with Gasteiger partial charge in [0.2, 0.25) is 0 Å². The molecule has 4 nitrogen and oxygen atoms in total. The zero-order valence-corrected chi connectivity index (χ0v) is 39.0. The molecule has 3 aromatic heterocycles. The third kappa shape index (κ3) is 6.30. The summed E-state index contributed by atoms with van der Waals surface area (Å²) in [5.41, 5.74) is 15.2. The Kier molecular flexibility index (Phi) is 8.82. The van der Waals surface area contributed by atoms with Crippen LogP contribution in [0.1, 0.15) is 111 Å². The van der Waals surface area contributed by atoms with Crippen LogP contribution in [0.15, 0.2) is 133 Å². The van der Waals surface area contributed by atoms with Crippen LogP contribution < -0.4 is 0 Å². The Balaban J connectivity index is 1.50. The minimum Gasteiger partial charge on any atom is -0.307 e. The maximum atomic E-state index is 11.4. The lowest BCUT2D eigenvalue weighted by Gasteiger charge is -2.22. The molecule has 0 spiro atoms. The van der Waals surface area contributed by atoms with Crippen LogP contribution in [0.3, 0.4) is 0 Å². The number of nitrogens with zero attached hydrogens (tertiary/aromatic N) is 4. The first-order valence-corrected chi connectivity index (χ1v) is 22.5. The summed E-state index contributed by atoms with van der Waals surface area (Å²) in [5, 5.41) is 18.3. The summed E-state index contributed by atoms with van der Waals surface area (Å²) in [6.45, 7) is 27.5. The lowest BCUT2D eigenvalue weighted by molar-refractivity contribution is 0.590. The first-order chi connectivity index (χ1) is 29.8. The monoisotopic (exact) mass is 822 g/mol. The molecule has 0 atom stereocenters. The van der Waals surface area contributed by atoms with Crippen LogP contribution in [-0.4, -0.2) is 13.7 Å². The number of fused-ring (bicyclic) bond motifs is 9. The van der Waals surface area contributed by atoms with E-state index in [1.807, 2.05) is 0 Å². The first kappa shape index (κ1) is 40.5. The smallest absolute Gasteiger partial charge is 0.0999 e. The van der Waals surface area contributed by atoms with Crippen molar-refractivity contribution in [3.8, 4) is 23.1 Å². The number of hydrogen-bond acceptors (Lipinski definition) is 1. The molecular weight excluding hydrogens is 765 g/mol. The van der Waals surface area contributed by atoms with Gasteiger partial charge < -0.3 is 13.7 Å². The molecule has 314 valence electrons. The minimum absolute atomic E-state index is 0.0420. The Labute approximate surface area is 372 Å². The minimum atomic E-state index is -0.0440. The molecule has 63 heavy (non-hydrogen) atoms. The predicted octanol–water partition coefficient (Wildman–Crippen LogP) is 16.0. The highest BCUT2D eigenvalue weighted by atomic mass is 15.1. The van der Waals surface area contributed by atoms with Crippen molar-refractivity contribution < 1.29 is 0 Å². The standard InChI is InChI=1S/C59H58N4/c1-56(2,3)37-22-26-48-43(31-37)44-32-38(57(4,5)6)23-27-49(44)62(48)52-30-36(35-60)53-42-20-16-17-21-47(42)61(41-18-14-13-15-19-41)55(53)54(52)63-50-28-24-39(58(7,8)9)33-45(50)46-34-40(59(10,11)12)25-29-51(46)63/h13-34H,1-12H3. The molecule has 4 heteroatoms. The van der Waals surface area contributed by atoms with Crippen molar-refractivity contribution in [3.05, 3.63) is 161 Å². The van der Waals surface area contributed by atoms with E-state index in [1.54, 1.807) is 0 Å². The average molecular weight is 823 g/mol. The zero-order valence-electron chi connectivity index (χ0n) is 39.0. The average Bonchev–Trinajstić information content (AvgIpc) is 3.87. The van der Waals surface area contributed by atoms with Gasteiger partial charge in [0.15, 0.2) is 0 Å². The van der Waals surface area contributed by atoms with Crippen LogP contribution in [0.2, 0.25) is 0 Å². The zero-order chi connectivity index (χ0) is 44.5. The van der Waals surface area contributed by atoms with Gasteiger partial charge in [-0.2, -0.15) is 5.26 Å². The van der Waals surface area contributed by atoms with Gasteiger partial charge in [-0.3, -0.25) is 0 Å². The third-order valence-corrected chi connectivity index (χ3v) is 13.5. The van der Waals surface area contributed by atoms with Crippen molar-refractivity contribution in [3.63, 3.8) is 0 Å². The molecule has 0 radical (unpaired) electrons. The molecule has 10 rings (SSSR count). The van der Waals surface area contributed by atoms with Crippen LogP contribution in [0, 0.1) is 11.3 Å². The van der Waals surface area contributed by atoms with Crippen molar-refractivity contribution in [1.82, 2.24) is 13.7 Å². The number of rotatable bonds is 3. The maximum Gasteiger partial charge on any atom is 0.0999 e. The van der Waals surface area contributed by atoms with E-state index < -0.39 is 0 Å². The van der Waals surface area contributed by atoms with Crippen LogP contribution >= 0.6 is 0 Å². The van der Waals surface area contributed by atoms with Gasteiger partial charge in [-0.15, -0.1) is 0 Å². The van der Waals surface area contributed by atoms with Gasteiger partial charge in [0.25, 0.3) is 0 Å². The molecule has 0 fully saturated rings. The summed E-state index contributed by atoms with van der Waals surface area (Å²) in [7, 11) is 0. The van der Waals surface area contributed by atoms with E-state index in [4.69, 9.17) is 0 Å². The molecule has 0 aliphatic rings. The quantitative estimate of drug-likeness (QED) is 0.175. The number of benzene rings is 7. The topological polar surface area (TPSA) is 38.6 Å². The number of para-hydroxylation sites is 2. The van der Waals surface area contributed by atoms with Crippen LogP contribution in [0.5, 0.6) is 0 Å². The van der Waals surface area contributed by atoms with E-state index in [-0.39, 0.29) is 21.7 Å². The van der Waals surface area contributed by atoms with Crippen molar-refractivity contribution in [2.24, 2.45) is 0 Å². The fraction of sp³-hybridized carbons (Fsp3) is 0.271. The van der Waals surface area contributed by atoms with E-state index in [9.17, 15) is 5.26 Å². The van der Waals surface area contributed by atoms with Gasteiger partial charge >= 0.3 is 0 Å². The Hall–Kier alpha value is -6.57. The van der Waals surface area contributed by atoms with Gasteiger partial charge in [-0.25, -0.2) is 0 Å².